The van der Waals surface area contributed by atoms with Gasteiger partial charge in [0.2, 0.25) is 10.4 Å². The minimum Gasteiger partial charge on any atom is -0.726 e. The topological polar surface area (TPSA) is 66.4 Å². The first-order chi connectivity index (χ1) is 16.5. The zero-order valence-electron chi connectivity index (χ0n) is 24.0. The molecule has 6 heteroatoms. The van der Waals surface area contributed by atoms with Crippen LogP contribution in [0, 0.1) is 5.92 Å². The molecule has 0 heterocycles. The number of hydrogen-bond acceptors (Lipinski definition) is 4. The second kappa shape index (κ2) is 30.1. The summed E-state index contributed by atoms with van der Waals surface area (Å²) in [6.07, 6.45) is 32.2. The van der Waals surface area contributed by atoms with E-state index in [9.17, 15) is 13.0 Å². The monoisotopic (exact) mass is 542 g/mol. The van der Waals surface area contributed by atoms with Crippen LogP contribution in [0.5, 0.6) is 0 Å². The minimum atomic E-state index is -4.58. The number of unbranched alkanes of at least 4 members (excludes halogenated alkanes) is 21. The Morgan fingerprint density at radius 3 is 1.03 bits per heavy atom. The predicted octanol–water partition coefficient (Wildman–Crippen LogP) is 6.88. The Morgan fingerprint density at radius 2 is 0.771 bits per heavy atom. The minimum absolute atomic E-state index is 0. The van der Waals surface area contributed by atoms with Crippen molar-refractivity contribution in [2.75, 3.05) is 6.61 Å². The van der Waals surface area contributed by atoms with Crippen LogP contribution in [0.1, 0.15) is 174 Å². The molecule has 1 atom stereocenters. The van der Waals surface area contributed by atoms with E-state index in [2.05, 4.69) is 18.0 Å². The second-order valence-corrected chi connectivity index (χ2v) is 11.6. The molecule has 0 radical (unpaired) electrons. The Hall–Kier alpha value is 1.51. The van der Waals surface area contributed by atoms with E-state index in [1.807, 2.05) is 0 Å². The van der Waals surface area contributed by atoms with Gasteiger partial charge in [-0.25, -0.2) is 8.42 Å². The molecule has 206 valence electrons. The summed E-state index contributed by atoms with van der Waals surface area (Å²) in [5.41, 5.74) is 0. The van der Waals surface area contributed by atoms with Gasteiger partial charge in [0.15, 0.2) is 0 Å². The summed E-state index contributed by atoms with van der Waals surface area (Å²) in [7, 11) is -4.58. The third kappa shape index (κ3) is 33.5. The molecular weight excluding hydrogens is 483 g/mol. The summed E-state index contributed by atoms with van der Waals surface area (Å²) in [6.45, 7) is 4.59. The molecule has 0 rings (SSSR count). The van der Waals surface area contributed by atoms with Crippen LogP contribution in [-0.4, -0.2) is 19.6 Å². The Kier molecular flexibility index (Phi) is 33.2. The third-order valence-corrected chi connectivity index (χ3v) is 7.55. The van der Waals surface area contributed by atoms with Crippen LogP contribution in [0.3, 0.4) is 0 Å². The fourth-order valence-electron chi connectivity index (χ4n) is 4.86. The molecule has 0 saturated heterocycles. The van der Waals surface area contributed by atoms with E-state index in [0.29, 0.717) is 0 Å². The first kappa shape index (κ1) is 38.7. The molecule has 0 aromatic heterocycles. The first-order valence-corrected chi connectivity index (χ1v) is 16.4. The maximum absolute atomic E-state index is 10.9. The van der Waals surface area contributed by atoms with Crippen molar-refractivity contribution in [2.45, 2.75) is 174 Å². The second-order valence-electron chi connectivity index (χ2n) is 10.6. The van der Waals surface area contributed by atoms with Crippen LogP contribution in [-0.2, 0) is 14.6 Å². The maximum Gasteiger partial charge on any atom is 1.00 e. The Morgan fingerprint density at radius 1 is 0.514 bits per heavy atom. The van der Waals surface area contributed by atoms with Crippen molar-refractivity contribution in [3.63, 3.8) is 0 Å². The molecule has 0 saturated carbocycles. The van der Waals surface area contributed by atoms with Crippen molar-refractivity contribution in [3.05, 3.63) is 0 Å². The molecule has 0 amide bonds. The van der Waals surface area contributed by atoms with Crippen LogP contribution >= 0.6 is 0 Å². The van der Waals surface area contributed by atoms with Gasteiger partial charge in [-0.05, 0) is 18.8 Å². The average Bonchev–Trinajstić information content (AvgIpc) is 2.80. The number of hydrogen-bond donors (Lipinski definition) is 0. The van der Waals surface area contributed by atoms with Gasteiger partial charge in [0.1, 0.15) is 0 Å². The van der Waals surface area contributed by atoms with Gasteiger partial charge >= 0.3 is 51.4 Å². The molecular formula is C29H59KO4S. The zero-order valence-corrected chi connectivity index (χ0v) is 27.9. The van der Waals surface area contributed by atoms with Crippen molar-refractivity contribution in [1.82, 2.24) is 0 Å². The van der Waals surface area contributed by atoms with E-state index < -0.39 is 10.4 Å². The summed E-state index contributed by atoms with van der Waals surface area (Å²) in [6, 6.07) is 0. The predicted molar refractivity (Wildman–Crippen MR) is 146 cm³/mol. The average molecular weight is 543 g/mol. The van der Waals surface area contributed by atoms with Crippen molar-refractivity contribution in [1.29, 1.82) is 0 Å². The molecule has 0 aliphatic carbocycles. The van der Waals surface area contributed by atoms with E-state index in [-0.39, 0.29) is 63.9 Å². The van der Waals surface area contributed by atoms with Gasteiger partial charge in [-0.2, -0.15) is 0 Å². The molecule has 0 fully saturated rings. The van der Waals surface area contributed by atoms with Crippen molar-refractivity contribution < 1.29 is 68.5 Å². The molecule has 0 aliphatic heterocycles. The van der Waals surface area contributed by atoms with Gasteiger partial charge in [0, 0.05) is 0 Å². The van der Waals surface area contributed by atoms with Gasteiger partial charge in [-0.3, -0.25) is 4.18 Å². The normalized spacial score (nSPS) is 12.5. The zero-order chi connectivity index (χ0) is 25.2. The standard InChI is InChI=1S/C29H60O4S.K/c1-3-5-7-9-11-13-15-17-19-21-23-25-27-29(28-33-34(30,31)32)26-24-22-20-18-16-14-12-10-8-6-4-2;/h29H,3-28H2,1-2H3,(H,30,31,32);/q;+1/p-1. The molecule has 0 N–H and O–H groups in total. The summed E-state index contributed by atoms with van der Waals surface area (Å²) in [5, 5.41) is 0. The molecule has 0 spiro atoms. The van der Waals surface area contributed by atoms with E-state index in [0.717, 1.165) is 25.7 Å². The van der Waals surface area contributed by atoms with Crippen LogP contribution in [0.15, 0.2) is 0 Å². The van der Waals surface area contributed by atoms with Gasteiger partial charge in [0.05, 0.1) is 6.61 Å². The van der Waals surface area contributed by atoms with Crippen molar-refractivity contribution >= 4 is 10.4 Å². The van der Waals surface area contributed by atoms with Gasteiger partial charge in [0.25, 0.3) is 0 Å². The van der Waals surface area contributed by atoms with E-state index in [4.69, 9.17) is 0 Å². The summed E-state index contributed by atoms with van der Waals surface area (Å²) in [4.78, 5) is 0. The van der Waals surface area contributed by atoms with Gasteiger partial charge in [-0.15, -0.1) is 0 Å². The fourth-order valence-corrected chi connectivity index (χ4v) is 5.22. The van der Waals surface area contributed by atoms with Crippen LogP contribution < -0.4 is 51.4 Å². The van der Waals surface area contributed by atoms with Gasteiger partial charge in [-0.1, -0.05) is 162 Å². The summed E-state index contributed by atoms with van der Waals surface area (Å²) in [5.74, 6) is 0.199. The Balaban J connectivity index is 0. The number of rotatable bonds is 28. The molecule has 0 aliphatic rings. The van der Waals surface area contributed by atoms with Gasteiger partial charge < -0.3 is 4.55 Å². The molecule has 0 aromatic rings. The third-order valence-electron chi connectivity index (χ3n) is 7.13. The summed E-state index contributed by atoms with van der Waals surface area (Å²) >= 11 is 0. The van der Waals surface area contributed by atoms with E-state index >= 15 is 0 Å². The first-order valence-electron chi connectivity index (χ1n) is 15.1. The SMILES string of the molecule is CCCCCCCCCCCCCCC(CCCCCCCCCCCCC)COS(=O)(=O)[O-].[K+]. The molecule has 35 heavy (non-hydrogen) atoms. The van der Waals surface area contributed by atoms with E-state index in [1.54, 1.807) is 0 Å². The van der Waals surface area contributed by atoms with Crippen LogP contribution in [0.25, 0.3) is 0 Å². The fraction of sp³-hybridized carbons (Fsp3) is 1.00. The maximum atomic E-state index is 10.9. The van der Waals surface area contributed by atoms with Crippen molar-refractivity contribution in [2.24, 2.45) is 5.92 Å². The van der Waals surface area contributed by atoms with Crippen molar-refractivity contribution in [3.8, 4) is 0 Å². The molecule has 1 unspecified atom stereocenters. The molecule has 0 bridgehead atoms. The molecule has 4 nitrogen and oxygen atoms in total. The van der Waals surface area contributed by atoms with Crippen LogP contribution in [0.2, 0.25) is 0 Å². The smallest absolute Gasteiger partial charge is 0.726 e. The molecule has 0 aromatic carbocycles. The quantitative estimate of drug-likeness (QED) is 0.0468. The largest absolute Gasteiger partial charge is 1.00 e. The van der Waals surface area contributed by atoms with Crippen LogP contribution in [0.4, 0.5) is 0 Å². The Labute approximate surface area is 263 Å². The van der Waals surface area contributed by atoms with E-state index in [1.165, 1.54) is 135 Å². The summed E-state index contributed by atoms with van der Waals surface area (Å²) < 4.78 is 37.3. The Bertz CT molecular complexity index is 499.